The summed E-state index contributed by atoms with van der Waals surface area (Å²) in [6, 6.07) is 31.8. The number of methoxy groups -OCH3 is 1. The number of aromatic carboxylic acids is 1. The van der Waals surface area contributed by atoms with Gasteiger partial charge in [-0.05, 0) is 71.3 Å². The van der Waals surface area contributed by atoms with E-state index in [2.05, 4.69) is 6.07 Å². The number of nitrogens with zero attached hydrogens (tertiary/aromatic N) is 1. The number of carboxylic acid groups (broad SMARTS) is 1. The Hall–Kier alpha value is -4.39. The summed E-state index contributed by atoms with van der Waals surface area (Å²) < 4.78 is 4.88. The van der Waals surface area contributed by atoms with E-state index in [0.29, 0.717) is 10.6 Å². The zero-order valence-electron chi connectivity index (χ0n) is 21.5. The highest BCUT2D eigenvalue weighted by Gasteiger charge is 2.19. The summed E-state index contributed by atoms with van der Waals surface area (Å²) in [7, 11) is 1.35. The van der Waals surface area contributed by atoms with Gasteiger partial charge in [0.1, 0.15) is 0 Å². The van der Waals surface area contributed by atoms with Crippen LogP contribution in [0.1, 0.15) is 48.4 Å². The number of halogens is 1. The van der Waals surface area contributed by atoms with Crippen LogP contribution in [0.5, 0.6) is 0 Å². The first-order valence-electron chi connectivity index (χ1n) is 12.4. The summed E-state index contributed by atoms with van der Waals surface area (Å²) in [5.41, 5.74) is 5.08. The molecule has 5 rings (SSSR count). The molecular formula is C33H24ClNO4S. The number of carbonyl (C=O) groups excluding carboxylic acids is 1. The van der Waals surface area contributed by atoms with Gasteiger partial charge in [-0.1, -0.05) is 72.3 Å². The minimum atomic E-state index is -0.987. The number of pyridine rings is 1. The normalized spacial score (nSPS) is 11.9. The monoisotopic (exact) mass is 565 g/mol. The second-order valence-corrected chi connectivity index (χ2v) is 10.6. The lowest BCUT2D eigenvalue weighted by Gasteiger charge is -2.19. The van der Waals surface area contributed by atoms with E-state index in [1.807, 2.05) is 78.9 Å². The van der Waals surface area contributed by atoms with Crippen LogP contribution in [-0.2, 0) is 4.74 Å². The molecule has 0 amide bonds. The summed E-state index contributed by atoms with van der Waals surface area (Å²) in [6.45, 7) is 0. The van der Waals surface area contributed by atoms with Crippen LogP contribution in [0.3, 0.4) is 0 Å². The van der Waals surface area contributed by atoms with Crippen LogP contribution < -0.4 is 0 Å². The van der Waals surface area contributed by atoms with E-state index in [9.17, 15) is 14.7 Å². The Bertz CT molecular complexity index is 1750. The fourth-order valence-electron chi connectivity index (χ4n) is 4.32. The van der Waals surface area contributed by atoms with Gasteiger partial charge in [0, 0.05) is 15.3 Å². The standard InChI is InChI=1S/C33H24ClNO4S/c1-39-33(38)26-9-4-10-29(19-26)40-31(24-7-3-8-25(18-24)32(36)37)23-6-2-5-21(17-23)11-15-28-16-13-22-12-14-27(34)20-30(22)35-28/h2-20,31H,1H3,(H,36,37). The van der Waals surface area contributed by atoms with Crippen LogP contribution in [0.2, 0.25) is 5.02 Å². The summed E-state index contributed by atoms with van der Waals surface area (Å²) in [5.74, 6) is -1.40. The van der Waals surface area contributed by atoms with Gasteiger partial charge in [0.15, 0.2) is 0 Å². The lowest BCUT2D eigenvalue weighted by molar-refractivity contribution is 0.0599. The number of benzene rings is 4. The third-order valence-corrected chi connectivity index (χ3v) is 7.82. The molecule has 7 heteroatoms. The minimum Gasteiger partial charge on any atom is -0.478 e. The summed E-state index contributed by atoms with van der Waals surface area (Å²) in [5, 5.41) is 11.0. The van der Waals surface area contributed by atoms with Gasteiger partial charge >= 0.3 is 11.9 Å². The molecule has 1 heterocycles. The quantitative estimate of drug-likeness (QED) is 0.150. The highest BCUT2D eigenvalue weighted by Crippen LogP contribution is 2.41. The van der Waals surface area contributed by atoms with E-state index in [0.717, 1.165) is 38.2 Å². The molecule has 1 atom stereocenters. The maximum Gasteiger partial charge on any atom is 0.337 e. The van der Waals surface area contributed by atoms with E-state index >= 15 is 0 Å². The van der Waals surface area contributed by atoms with Crippen LogP contribution in [0.4, 0.5) is 0 Å². The van der Waals surface area contributed by atoms with Gasteiger partial charge in [-0.25, -0.2) is 14.6 Å². The Morgan fingerprint density at radius 1 is 0.850 bits per heavy atom. The van der Waals surface area contributed by atoms with E-state index in [-0.39, 0.29) is 10.8 Å². The smallest absolute Gasteiger partial charge is 0.337 e. The van der Waals surface area contributed by atoms with E-state index in [1.54, 1.807) is 30.3 Å². The van der Waals surface area contributed by atoms with Crippen molar-refractivity contribution < 1.29 is 19.4 Å². The largest absolute Gasteiger partial charge is 0.478 e. The number of carbonyl (C=O) groups is 2. The predicted molar refractivity (Wildman–Crippen MR) is 161 cm³/mol. The van der Waals surface area contributed by atoms with Crippen LogP contribution >= 0.6 is 23.4 Å². The number of fused-ring (bicyclic) bond motifs is 1. The van der Waals surface area contributed by atoms with Gasteiger partial charge in [-0.3, -0.25) is 0 Å². The molecular weight excluding hydrogens is 542 g/mol. The fraction of sp³-hybridized carbons (Fsp3) is 0.0606. The molecule has 5 aromatic rings. The van der Waals surface area contributed by atoms with E-state index < -0.39 is 11.9 Å². The number of aromatic nitrogens is 1. The molecule has 0 radical (unpaired) electrons. The van der Waals surface area contributed by atoms with Gasteiger partial charge in [0.25, 0.3) is 0 Å². The highest BCUT2D eigenvalue weighted by atomic mass is 35.5. The average molecular weight is 566 g/mol. The lowest BCUT2D eigenvalue weighted by atomic mass is 10.00. The Morgan fingerprint density at radius 2 is 1.57 bits per heavy atom. The molecule has 0 saturated heterocycles. The van der Waals surface area contributed by atoms with Crippen LogP contribution in [0.15, 0.2) is 108 Å². The first-order chi connectivity index (χ1) is 19.4. The highest BCUT2D eigenvalue weighted by molar-refractivity contribution is 7.99. The molecule has 1 unspecified atom stereocenters. The van der Waals surface area contributed by atoms with E-state index in [4.69, 9.17) is 21.3 Å². The van der Waals surface area contributed by atoms with Crippen molar-refractivity contribution in [1.82, 2.24) is 4.98 Å². The molecule has 5 nitrogen and oxygen atoms in total. The second-order valence-electron chi connectivity index (χ2n) is 9.02. The van der Waals surface area contributed by atoms with Gasteiger partial charge in [-0.15, -0.1) is 11.8 Å². The van der Waals surface area contributed by atoms with Gasteiger partial charge in [0.05, 0.1) is 34.7 Å². The number of thioether (sulfide) groups is 1. The topological polar surface area (TPSA) is 76.5 Å². The molecule has 1 N–H and O–H groups in total. The molecule has 1 aromatic heterocycles. The van der Waals surface area contributed by atoms with Gasteiger partial charge < -0.3 is 9.84 Å². The maximum atomic E-state index is 12.1. The van der Waals surface area contributed by atoms with Crippen molar-refractivity contribution in [2.45, 2.75) is 10.1 Å². The fourth-order valence-corrected chi connectivity index (χ4v) is 5.68. The zero-order valence-corrected chi connectivity index (χ0v) is 23.0. The number of ether oxygens (including phenoxy) is 1. The third-order valence-electron chi connectivity index (χ3n) is 6.28. The second kappa shape index (κ2) is 12.2. The maximum absolute atomic E-state index is 12.1. The Kier molecular flexibility index (Phi) is 8.29. The predicted octanol–water partition coefficient (Wildman–Crippen LogP) is 8.43. The zero-order chi connectivity index (χ0) is 28.1. The molecule has 0 spiro atoms. The van der Waals surface area contributed by atoms with Gasteiger partial charge in [0.2, 0.25) is 0 Å². The summed E-state index contributed by atoms with van der Waals surface area (Å²) in [4.78, 5) is 29.4. The molecule has 0 fully saturated rings. The number of esters is 1. The molecule has 40 heavy (non-hydrogen) atoms. The first kappa shape index (κ1) is 27.2. The Labute approximate surface area is 241 Å². The molecule has 0 aliphatic heterocycles. The Morgan fingerprint density at radius 3 is 2.38 bits per heavy atom. The Balaban J connectivity index is 1.50. The number of hydrogen-bond donors (Lipinski definition) is 1. The molecule has 0 saturated carbocycles. The van der Waals surface area contributed by atoms with Crippen molar-refractivity contribution in [2.75, 3.05) is 7.11 Å². The van der Waals surface area contributed by atoms with Crippen LogP contribution in [-0.4, -0.2) is 29.1 Å². The van der Waals surface area contributed by atoms with Crippen molar-refractivity contribution in [3.63, 3.8) is 0 Å². The molecule has 4 aromatic carbocycles. The SMILES string of the molecule is COC(=O)c1cccc(SC(c2cccc(C=Cc3ccc4ccc(Cl)cc4n3)c2)c2cccc(C(=O)O)c2)c1. The number of hydrogen-bond acceptors (Lipinski definition) is 5. The molecule has 0 bridgehead atoms. The molecule has 0 aliphatic rings. The first-order valence-corrected chi connectivity index (χ1v) is 13.7. The summed E-state index contributed by atoms with van der Waals surface area (Å²) in [6.07, 6.45) is 3.95. The van der Waals surface area contributed by atoms with Crippen molar-refractivity contribution in [3.05, 3.63) is 142 Å². The summed E-state index contributed by atoms with van der Waals surface area (Å²) >= 11 is 7.68. The molecule has 198 valence electrons. The third kappa shape index (κ3) is 6.42. The van der Waals surface area contributed by atoms with E-state index in [1.165, 1.54) is 18.9 Å². The van der Waals surface area contributed by atoms with Crippen molar-refractivity contribution in [1.29, 1.82) is 0 Å². The van der Waals surface area contributed by atoms with Crippen LogP contribution in [0.25, 0.3) is 23.1 Å². The van der Waals surface area contributed by atoms with Crippen LogP contribution in [0, 0.1) is 0 Å². The van der Waals surface area contributed by atoms with Crippen molar-refractivity contribution in [3.8, 4) is 0 Å². The number of rotatable bonds is 8. The van der Waals surface area contributed by atoms with Crippen molar-refractivity contribution >= 4 is 58.4 Å². The average Bonchev–Trinajstić information content (AvgIpc) is 2.98. The van der Waals surface area contributed by atoms with Gasteiger partial charge in [-0.2, -0.15) is 0 Å². The van der Waals surface area contributed by atoms with Crippen molar-refractivity contribution in [2.24, 2.45) is 0 Å². The lowest BCUT2D eigenvalue weighted by Crippen LogP contribution is -2.03. The number of carboxylic acids is 1. The minimum absolute atomic E-state index is 0.213. The molecule has 0 aliphatic carbocycles.